The SMILES string of the molecule is O=C(NC1CCCC1NC(=O)C(F)=CCCCCCCCCCCCO)C(F)=CCCCCCCCCCCCO. The van der Waals surface area contributed by atoms with Gasteiger partial charge in [0.05, 0.1) is 0 Å². The van der Waals surface area contributed by atoms with E-state index in [1.54, 1.807) is 0 Å². The van der Waals surface area contributed by atoms with E-state index in [1.807, 2.05) is 0 Å². The van der Waals surface area contributed by atoms with Gasteiger partial charge < -0.3 is 20.8 Å². The van der Waals surface area contributed by atoms with Gasteiger partial charge in [-0.1, -0.05) is 89.9 Å². The summed E-state index contributed by atoms with van der Waals surface area (Å²) >= 11 is 0. The van der Waals surface area contributed by atoms with Gasteiger partial charge in [-0.05, 0) is 69.9 Å². The Morgan fingerprint density at radius 3 is 1.15 bits per heavy atom. The molecule has 1 aliphatic rings. The molecule has 1 rings (SSSR count). The van der Waals surface area contributed by atoms with Crippen LogP contribution in [0.25, 0.3) is 0 Å². The van der Waals surface area contributed by atoms with Crippen LogP contribution in [0.15, 0.2) is 23.8 Å². The minimum Gasteiger partial charge on any atom is -0.396 e. The maximum absolute atomic E-state index is 14.3. The summed E-state index contributed by atoms with van der Waals surface area (Å²) in [7, 11) is 0. The summed E-state index contributed by atoms with van der Waals surface area (Å²) in [5, 5.41) is 22.9. The number of aliphatic hydroxyl groups is 2. The number of carbonyl (C=O) groups excluding carboxylic acids is 2. The molecule has 8 heteroatoms. The molecule has 1 saturated carbocycles. The van der Waals surface area contributed by atoms with E-state index in [9.17, 15) is 18.4 Å². The first kappa shape index (κ1) is 37.2. The van der Waals surface area contributed by atoms with Crippen molar-refractivity contribution in [3.05, 3.63) is 23.8 Å². The first-order valence-corrected chi connectivity index (χ1v) is 16.5. The average Bonchev–Trinajstić information content (AvgIpc) is 3.40. The molecule has 2 amide bonds. The molecule has 6 nitrogen and oxygen atoms in total. The van der Waals surface area contributed by atoms with Gasteiger partial charge in [0.1, 0.15) is 0 Å². The number of hydrogen-bond acceptors (Lipinski definition) is 4. The number of carbonyl (C=O) groups is 2. The molecule has 0 aromatic rings. The second kappa shape index (κ2) is 25.9. The first-order valence-electron chi connectivity index (χ1n) is 16.5. The van der Waals surface area contributed by atoms with Gasteiger partial charge >= 0.3 is 0 Å². The van der Waals surface area contributed by atoms with Gasteiger partial charge in [-0.15, -0.1) is 0 Å². The van der Waals surface area contributed by atoms with Crippen molar-refractivity contribution >= 4 is 11.8 Å². The van der Waals surface area contributed by atoms with Crippen molar-refractivity contribution in [2.24, 2.45) is 0 Å². The van der Waals surface area contributed by atoms with Gasteiger partial charge in [0.15, 0.2) is 11.7 Å². The molecule has 0 aliphatic heterocycles. The molecule has 41 heavy (non-hydrogen) atoms. The fraction of sp³-hybridized carbons (Fsp3) is 0.818. The van der Waals surface area contributed by atoms with Gasteiger partial charge in [0.2, 0.25) is 0 Å². The standard InChI is InChI=1S/C33H58F2N2O4/c34-28(22-17-13-9-5-1-3-7-11-15-19-26-38)32(40)36-30-24-21-25-31(30)37-33(41)29(35)23-18-14-10-6-2-4-8-12-16-20-27-39/h22-23,30-31,38-39H,1-21,24-27H2,(H,36,40)(H,37,41). The van der Waals surface area contributed by atoms with Crippen LogP contribution in [0.4, 0.5) is 8.78 Å². The molecule has 2 unspecified atom stereocenters. The second-order valence-electron chi connectivity index (χ2n) is 11.6. The number of halogens is 2. The molecule has 0 saturated heterocycles. The number of unbranched alkanes of at least 4 members (excludes halogenated alkanes) is 18. The third-order valence-electron chi connectivity index (χ3n) is 7.95. The number of aliphatic hydroxyl groups excluding tert-OH is 2. The highest BCUT2D eigenvalue weighted by Crippen LogP contribution is 2.21. The summed E-state index contributed by atoms with van der Waals surface area (Å²) in [5.41, 5.74) is 0. The topological polar surface area (TPSA) is 98.7 Å². The Labute approximate surface area is 247 Å². The third kappa shape index (κ3) is 19.9. The fourth-order valence-corrected chi connectivity index (χ4v) is 5.41. The monoisotopic (exact) mass is 584 g/mol. The summed E-state index contributed by atoms with van der Waals surface area (Å²) in [6, 6.07) is -0.807. The van der Waals surface area contributed by atoms with Crippen LogP contribution < -0.4 is 10.6 Å². The summed E-state index contributed by atoms with van der Waals surface area (Å²) in [4.78, 5) is 24.7. The van der Waals surface area contributed by atoms with E-state index in [0.717, 1.165) is 96.3 Å². The van der Waals surface area contributed by atoms with Gasteiger partial charge in [0.25, 0.3) is 11.8 Å². The Kier molecular flexibility index (Phi) is 23.5. The van der Waals surface area contributed by atoms with E-state index in [1.165, 1.54) is 37.8 Å². The first-order chi connectivity index (χ1) is 20.0. The second-order valence-corrected chi connectivity index (χ2v) is 11.6. The van der Waals surface area contributed by atoms with Crippen LogP contribution in [-0.4, -0.2) is 47.3 Å². The number of amides is 2. The molecule has 0 aromatic heterocycles. The van der Waals surface area contributed by atoms with Crippen LogP contribution >= 0.6 is 0 Å². The fourth-order valence-electron chi connectivity index (χ4n) is 5.41. The van der Waals surface area contributed by atoms with Crippen LogP contribution in [0.5, 0.6) is 0 Å². The van der Waals surface area contributed by atoms with Crippen LogP contribution in [0.2, 0.25) is 0 Å². The lowest BCUT2D eigenvalue weighted by atomic mass is 10.1. The van der Waals surface area contributed by atoms with Gasteiger partial charge in [-0.25, -0.2) is 8.78 Å². The Morgan fingerprint density at radius 1 is 0.537 bits per heavy atom. The maximum atomic E-state index is 14.3. The van der Waals surface area contributed by atoms with Crippen molar-refractivity contribution in [2.45, 2.75) is 160 Å². The molecule has 1 fully saturated rings. The molecule has 1 aliphatic carbocycles. The van der Waals surface area contributed by atoms with Crippen LogP contribution in [0.1, 0.15) is 148 Å². The number of rotatable bonds is 26. The lowest BCUT2D eigenvalue weighted by Gasteiger charge is -2.21. The van der Waals surface area contributed by atoms with Crippen molar-refractivity contribution in [3.63, 3.8) is 0 Å². The molecule has 238 valence electrons. The largest absolute Gasteiger partial charge is 0.396 e. The van der Waals surface area contributed by atoms with Crippen LogP contribution in [0, 0.1) is 0 Å². The summed E-state index contributed by atoms with van der Waals surface area (Å²) in [5.74, 6) is -3.11. The Bertz CT molecular complexity index is 685. The zero-order valence-electron chi connectivity index (χ0n) is 25.5. The third-order valence-corrected chi connectivity index (χ3v) is 7.95. The average molecular weight is 585 g/mol. The van der Waals surface area contributed by atoms with E-state index in [4.69, 9.17) is 10.2 Å². The molecule has 0 bridgehead atoms. The number of allylic oxidation sites excluding steroid dienone is 2. The van der Waals surface area contributed by atoms with E-state index < -0.39 is 35.6 Å². The minimum absolute atomic E-state index is 0.271. The zero-order valence-corrected chi connectivity index (χ0v) is 25.5. The highest BCUT2D eigenvalue weighted by Gasteiger charge is 2.31. The molecule has 0 heterocycles. The van der Waals surface area contributed by atoms with E-state index in [2.05, 4.69) is 10.6 Å². The Balaban J connectivity index is 2.19. The quantitative estimate of drug-likeness (QED) is 0.0620. The molecular weight excluding hydrogens is 526 g/mol. The molecule has 0 spiro atoms. The molecule has 0 aromatic carbocycles. The highest BCUT2D eigenvalue weighted by molar-refractivity contribution is 5.92. The lowest BCUT2D eigenvalue weighted by molar-refractivity contribution is -0.122. The summed E-state index contributed by atoms with van der Waals surface area (Å²) in [6.45, 7) is 0.542. The van der Waals surface area contributed by atoms with Crippen molar-refractivity contribution in [1.82, 2.24) is 10.6 Å². The smallest absolute Gasteiger partial charge is 0.279 e. The van der Waals surface area contributed by atoms with Crippen molar-refractivity contribution < 1.29 is 28.6 Å². The highest BCUT2D eigenvalue weighted by atomic mass is 19.1. The predicted molar refractivity (Wildman–Crippen MR) is 163 cm³/mol. The molecule has 4 N–H and O–H groups in total. The summed E-state index contributed by atoms with van der Waals surface area (Å²) in [6.07, 6.45) is 24.9. The van der Waals surface area contributed by atoms with E-state index in [0.29, 0.717) is 25.7 Å². The van der Waals surface area contributed by atoms with Gasteiger partial charge in [-0.2, -0.15) is 0 Å². The number of nitrogens with one attached hydrogen (secondary N) is 2. The Hall–Kier alpha value is -1.80. The normalized spacial score (nSPS) is 17.7. The van der Waals surface area contributed by atoms with Crippen molar-refractivity contribution in [3.8, 4) is 0 Å². The van der Waals surface area contributed by atoms with Crippen molar-refractivity contribution in [2.75, 3.05) is 13.2 Å². The summed E-state index contributed by atoms with van der Waals surface area (Å²) < 4.78 is 28.7. The molecular formula is C33H58F2N2O4. The molecule has 0 radical (unpaired) electrons. The lowest BCUT2D eigenvalue weighted by Crippen LogP contribution is -2.48. The number of hydrogen-bond donors (Lipinski definition) is 4. The molecule has 2 atom stereocenters. The minimum atomic E-state index is -0.793. The zero-order chi connectivity index (χ0) is 30.0. The maximum Gasteiger partial charge on any atom is 0.279 e. The van der Waals surface area contributed by atoms with Crippen molar-refractivity contribution in [1.29, 1.82) is 0 Å². The van der Waals surface area contributed by atoms with E-state index >= 15 is 0 Å². The van der Waals surface area contributed by atoms with Crippen LogP contribution in [0.3, 0.4) is 0 Å². The Morgan fingerprint density at radius 2 is 0.829 bits per heavy atom. The van der Waals surface area contributed by atoms with Gasteiger partial charge in [-0.3, -0.25) is 9.59 Å². The van der Waals surface area contributed by atoms with E-state index in [-0.39, 0.29) is 13.2 Å². The van der Waals surface area contributed by atoms with Crippen LogP contribution in [-0.2, 0) is 9.59 Å². The predicted octanol–water partition coefficient (Wildman–Crippen LogP) is 7.63. The van der Waals surface area contributed by atoms with Gasteiger partial charge in [0, 0.05) is 25.3 Å².